The van der Waals surface area contributed by atoms with E-state index in [2.05, 4.69) is 5.32 Å². The van der Waals surface area contributed by atoms with E-state index in [0.717, 1.165) is 6.07 Å². The molecule has 2 rings (SSSR count). The summed E-state index contributed by atoms with van der Waals surface area (Å²) < 4.78 is 27.3. The fourth-order valence-electron chi connectivity index (χ4n) is 2.18. The molecule has 1 aliphatic rings. The Balaban J connectivity index is 2.16. The van der Waals surface area contributed by atoms with Crippen LogP contribution in [0, 0.1) is 11.6 Å². The van der Waals surface area contributed by atoms with Gasteiger partial charge in [-0.25, -0.2) is 13.6 Å². The molecule has 0 saturated carbocycles. The Morgan fingerprint density at radius 1 is 1.40 bits per heavy atom. The predicted octanol–water partition coefficient (Wildman–Crippen LogP) is 1.70. The van der Waals surface area contributed by atoms with Crippen molar-refractivity contribution in [3.63, 3.8) is 0 Å². The van der Waals surface area contributed by atoms with Crippen LogP contribution in [0.5, 0.6) is 0 Å². The first-order valence-corrected chi connectivity index (χ1v) is 6.12. The number of hydrogen-bond acceptors (Lipinski definition) is 3. The van der Waals surface area contributed by atoms with Crippen LogP contribution in [0.1, 0.15) is 23.2 Å². The highest BCUT2D eigenvalue weighted by molar-refractivity contribution is 5.88. The molecule has 1 amide bonds. The Hall–Kier alpha value is -2.18. The Kier molecular flexibility index (Phi) is 3.87. The third-order valence-electron chi connectivity index (χ3n) is 3.30. The van der Waals surface area contributed by atoms with Gasteiger partial charge in [0.05, 0.1) is 11.3 Å². The molecule has 1 atom stereocenters. The molecule has 2 N–H and O–H groups in total. The van der Waals surface area contributed by atoms with E-state index in [-0.39, 0.29) is 17.6 Å². The van der Waals surface area contributed by atoms with Crippen LogP contribution in [-0.4, -0.2) is 41.5 Å². The van der Waals surface area contributed by atoms with Crippen molar-refractivity contribution in [2.24, 2.45) is 0 Å². The molecule has 1 aliphatic heterocycles. The first kappa shape index (κ1) is 14.2. The number of nitrogens with one attached hydrogen (secondary N) is 1. The van der Waals surface area contributed by atoms with Gasteiger partial charge < -0.3 is 15.3 Å². The zero-order chi connectivity index (χ0) is 14.9. The Morgan fingerprint density at radius 3 is 2.70 bits per heavy atom. The number of carboxylic acid groups (broad SMARTS) is 1. The second-order valence-electron chi connectivity index (χ2n) is 4.75. The predicted molar refractivity (Wildman–Crippen MR) is 67.6 cm³/mol. The summed E-state index contributed by atoms with van der Waals surface area (Å²) in [5.74, 6) is -4.11. The summed E-state index contributed by atoms with van der Waals surface area (Å²) in [6, 6.07) is 2.02. The molecule has 5 nitrogen and oxygen atoms in total. The van der Waals surface area contributed by atoms with E-state index < -0.39 is 23.2 Å². The number of likely N-dealkylation sites (N-methyl/N-ethyl adjacent to an activating group) is 1. The number of benzene rings is 1. The zero-order valence-electron chi connectivity index (χ0n) is 10.8. The van der Waals surface area contributed by atoms with Gasteiger partial charge in [-0.2, -0.15) is 0 Å². The molecular formula is C13H14F2N2O3. The summed E-state index contributed by atoms with van der Waals surface area (Å²) in [4.78, 5) is 23.5. The summed E-state index contributed by atoms with van der Waals surface area (Å²) in [5.41, 5.74) is -0.802. The average molecular weight is 284 g/mol. The van der Waals surface area contributed by atoms with Crippen molar-refractivity contribution in [3.8, 4) is 0 Å². The summed E-state index contributed by atoms with van der Waals surface area (Å²) in [6.07, 6.45) is 0.858. The van der Waals surface area contributed by atoms with Crippen molar-refractivity contribution >= 4 is 17.6 Å². The summed E-state index contributed by atoms with van der Waals surface area (Å²) in [7, 11) is 1.64. The van der Waals surface area contributed by atoms with E-state index in [1.807, 2.05) is 0 Å². The van der Waals surface area contributed by atoms with E-state index in [4.69, 9.17) is 5.11 Å². The Morgan fingerprint density at radius 2 is 2.10 bits per heavy atom. The van der Waals surface area contributed by atoms with Gasteiger partial charge in [-0.15, -0.1) is 0 Å². The van der Waals surface area contributed by atoms with Crippen LogP contribution in [0.4, 0.5) is 14.5 Å². The molecule has 0 spiro atoms. The molecule has 1 aromatic carbocycles. The number of aromatic carboxylic acids is 1. The van der Waals surface area contributed by atoms with Crippen molar-refractivity contribution in [3.05, 3.63) is 29.3 Å². The van der Waals surface area contributed by atoms with Crippen LogP contribution < -0.4 is 5.32 Å². The number of carbonyl (C=O) groups is 2. The number of likely N-dealkylation sites (tertiary alicyclic amines) is 1. The standard InChI is InChI=1S/C13H14F2N2O3/c1-17-6-7(2-5-10(17)18)16-9-4-3-8(13(19)20)11(14)12(9)15/h3-4,7,16H,2,5-6H2,1H3,(H,19,20). The molecule has 1 fully saturated rings. The first-order chi connectivity index (χ1) is 9.40. The summed E-state index contributed by atoms with van der Waals surface area (Å²) in [5, 5.41) is 11.5. The minimum Gasteiger partial charge on any atom is -0.478 e. The van der Waals surface area contributed by atoms with Gasteiger partial charge >= 0.3 is 5.97 Å². The number of nitrogens with zero attached hydrogens (tertiary/aromatic N) is 1. The van der Waals surface area contributed by atoms with E-state index in [9.17, 15) is 18.4 Å². The number of anilines is 1. The number of carbonyl (C=O) groups excluding carboxylic acids is 1. The maximum atomic E-state index is 13.8. The third kappa shape index (κ3) is 2.71. The van der Waals surface area contributed by atoms with E-state index >= 15 is 0 Å². The molecule has 0 radical (unpaired) electrons. The Labute approximate surface area is 114 Å². The molecule has 7 heteroatoms. The zero-order valence-corrected chi connectivity index (χ0v) is 10.8. The molecule has 1 heterocycles. The van der Waals surface area contributed by atoms with E-state index in [0.29, 0.717) is 19.4 Å². The average Bonchev–Trinajstić information content (AvgIpc) is 2.39. The minimum absolute atomic E-state index is 0.0101. The van der Waals surface area contributed by atoms with Crippen LogP contribution in [0.2, 0.25) is 0 Å². The Bertz CT molecular complexity index is 563. The van der Waals surface area contributed by atoms with Crippen molar-refractivity contribution < 1.29 is 23.5 Å². The van der Waals surface area contributed by atoms with Crippen molar-refractivity contribution in [2.75, 3.05) is 18.9 Å². The lowest BCUT2D eigenvalue weighted by Gasteiger charge is -2.30. The monoisotopic (exact) mass is 284 g/mol. The van der Waals surface area contributed by atoms with Crippen molar-refractivity contribution in [2.45, 2.75) is 18.9 Å². The molecule has 1 unspecified atom stereocenters. The van der Waals surface area contributed by atoms with Gasteiger partial charge in [0.2, 0.25) is 5.91 Å². The second kappa shape index (κ2) is 5.44. The number of hydrogen-bond donors (Lipinski definition) is 2. The van der Waals surface area contributed by atoms with Gasteiger partial charge in [-0.3, -0.25) is 4.79 Å². The lowest BCUT2D eigenvalue weighted by Crippen LogP contribution is -2.43. The molecular weight excluding hydrogens is 270 g/mol. The lowest BCUT2D eigenvalue weighted by atomic mass is 10.0. The number of amides is 1. The SMILES string of the molecule is CN1CC(Nc2ccc(C(=O)O)c(F)c2F)CCC1=O. The highest BCUT2D eigenvalue weighted by Crippen LogP contribution is 2.23. The van der Waals surface area contributed by atoms with Gasteiger partial charge in [-0.1, -0.05) is 0 Å². The minimum atomic E-state index is -1.52. The molecule has 20 heavy (non-hydrogen) atoms. The van der Waals surface area contributed by atoms with Gasteiger partial charge in [0.25, 0.3) is 0 Å². The maximum absolute atomic E-state index is 13.8. The van der Waals surface area contributed by atoms with E-state index in [1.54, 1.807) is 7.05 Å². The molecule has 1 aromatic rings. The van der Waals surface area contributed by atoms with Gasteiger partial charge in [0.15, 0.2) is 11.6 Å². The molecule has 108 valence electrons. The quantitative estimate of drug-likeness (QED) is 0.886. The topological polar surface area (TPSA) is 69.6 Å². The molecule has 1 saturated heterocycles. The van der Waals surface area contributed by atoms with Crippen LogP contribution in [0.25, 0.3) is 0 Å². The molecule has 0 aliphatic carbocycles. The number of halogens is 2. The van der Waals surface area contributed by atoms with Crippen LogP contribution in [0.15, 0.2) is 12.1 Å². The maximum Gasteiger partial charge on any atom is 0.338 e. The number of carboxylic acids is 1. The van der Waals surface area contributed by atoms with Gasteiger partial charge in [0.1, 0.15) is 0 Å². The first-order valence-electron chi connectivity index (χ1n) is 6.12. The summed E-state index contributed by atoms with van der Waals surface area (Å²) >= 11 is 0. The number of rotatable bonds is 3. The second-order valence-corrected chi connectivity index (χ2v) is 4.75. The van der Waals surface area contributed by atoms with Gasteiger partial charge in [-0.05, 0) is 18.6 Å². The fourth-order valence-corrected chi connectivity index (χ4v) is 2.18. The molecule has 0 bridgehead atoms. The lowest BCUT2D eigenvalue weighted by molar-refractivity contribution is -0.132. The van der Waals surface area contributed by atoms with Crippen LogP contribution in [0.3, 0.4) is 0 Å². The van der Waals surface area contributed by atoms with Crippen molar-refractivity contribution in [1.29, 1.82) is 0 Å². The third-order valence-corrected chi connectivity index (χ3v) is 3.30. The van der Waals surface area contributed by atoms with Crippen molar-refractivity contribution in [1.82, 2.24) is 4.90 Å². The van der Waals surface area contributed by atoms with E-state index in [1.165, 1.54) is 11.0 Å². The molecule has 0 aromatic heterocycles. The smallest absolute Gasteiger partial charge is 0.338 e. The number of piperidine rings is 1. The highest BCUT2D eigenvalue weighted by atomic mass is 19.2. The van der Waals surface area contributed by atoms with Gasteiger partial charge in [0, 0.05) is 26.1 Å². The summed E-state index contributed by atoms with van der Waals surface area (Å²) in [6.45, 7) is 0.389. The highest BCUT2D eigenvalue weighted by Gasteiger charge is 2.25. The normalized spacial score (nSPS) is 19.1. The fraction of sp³-hybridized carbons (Fsp3) is 0.385. The largest absolute Gasteiger partial charge is 0.478 e. The van der Waals surface area contributed by atoms with Crippen LogP contribution in [-0.2, 0) is 4.79 Å². The van der Waals surface area contributed by atoms with Crippen LogP contribution >= 0.6 is 0 Å².